The monoisotopic (exact) mass is 352 g/mol. The number of fused-ring (bicyclic) bond motifs is 5. The SMILES string of the molecule is CCCCCC(C)=C1CC[C@H]2[C@@H]3CCc4cc(O)ccc4[C@H]3CC[C@]12C. The van der Waals surface area contributed by atoms with Crippen LogP contribution in [0.15, 0.2) is 29.3 Å². The van der Waals surface area contributed by atoms with Crippen LogP contribution in [-0.4, -0.2) is 5.11 Å². The van der Waals surface area contributed by atoms with Crippen LogP contribution >= 0.6 is 0 Å². The number of hydrogen-bond donors (Lipinski definition) is 1. The van der Waals surface area contributed by atoms with Gasteiger partial charge in [0.1, 0.15) is 5.75 Å². The van der Waals surface area contributed by atoms with Gasteiger partial charge in [-0.1, -0.05) is 43.9 Å². The molecule has 1 heteroatoms. The molecule has 1 aromatic carbocycles. The zero-order valence-corrected chi connectivity index (χ0v) is 17.0. The molecular formula is C25H36O. The predicted molar refractivity (Wildman–Crippen MR) is 110 cm³/mol. The minimum absolute atomic E-state index is 0.441. The van der Waals surface area contributed by atoms with Crippen LogP contribution in [0.1, 0.15) is 95.6 Å². The highest BCUT2D eigenvalue weighted by molar-refractivity contribution is 5.41. The summed E-state index contributed by atoms with van der Waals surface area (Å²) in [7, 11) is 0. The number of aromatic hydroxyl groups is 1. The molecule has 2 saturated carbocycles. The van der Waals surface area contributed by atoms with Gasteiger partial charge in [0, 0.05) is 0 Å². The molecule has 0 aromatic heterocycles. The Balaban J connectivity index is 1.59. The van der Waals surface area contributed by atoms with Crippen molar-refractivity contribution in [3.63, 3.8) is 0 Å². The molecule has 3 aliphatic rings. The van der Waals surface area contributed by atoms with Gasteiger partial charge in [0.2, 0.25) is 0 Å². The highest BCUT2D eigenvalue weighted by atomic mass is 16.3. The minimum atomic E-state index is 0.441. The Labute approximate surface area is 159 Å². The summed E-state index contributed by atoms with van der Waals surface area (Å²) in [6.45, 7) is 7.34. The van der Waals surface area contributed by atoms with Crippen LogP contribution in [0, 0.1) is 17.3 Å². The van der Waals surface area contributed by atoms with E-state index in [0.717, 1.165) is 24.2 Å². The summed E-state index contributed by atoms with van der Waals surface area (Å²) >= 11 is 0. The summed E-state index contributed by atoms with van der Waals surface area (Å²) in [6, 6.07) is 6.16. The molecule has 142 valence electrons. The second kappa shape index (κ2) is 7.06. The Kier molecular flexibility index (Phi) is 4.92. The maximum absolute atomic E-state index is 9.85. The van der Waals surface area contributed by atoms with Crippen LogP contribution in [0.3, 0.4) is 0 Å². The maximum atomic E-state index is 9.85. The normalized spacial score (nSPS) is 34.8. The molecule has 0 unspecified atom stereocenters. The van der Waals surface area contributed by atoms with Gasteiger partial charge in [-0.25, -0.2) is 0 Å². The lowest BCUT2D eigenvalue weighted by Gasteiger charge is -2.50. The number of allylic oxidation sites excluding steroid dienone is 2. The van der Waals surface area contributed by atoms with E-state index in [1.807, 2.05) is 17.7 Å². The number of aryl methyl sites for hydroxylation is 1. The van der Waals surface area contributed by atoms with E-state index >= 15 is 0 Å². The summed E-state index contributed by atoms with van der Waals surface area (Å²) in [4.78, 5) is 0. The lowest BCUT2D eigenvalue weighted by Crippen LogP contribution is -2.40. The van der Waals surface area contributed by atoms with E-state index in [9.17, 15) is 5.11 Å². The predicted octanol–water partition coefficient (Wildman–Crippen LogP) is 7.15. The van der Waals surface area contributed by atoms with Gasteiger partial charge in [-0.05, 0) is 105 Å². The van der Waals surface area contributed by atoms with Crippen molar-refractivity contribution >= 4 is 0 Å². The fraction of sp³-hybridized carbons (Fsp3) is 0.680. The molecule has 0 radical (unpaired) electrons. The summed E-state index contributed by atoms with van der Waals surface area (Å²) in [5.41, 5.74) is 7.00. The highest BCUT2D eigenvalue weighted by Crippen LogP contribution is 2.63. The molecule has 4 rings (SSSR count). The topological polar surface area (TPSA) is 20.2 Å². The number of phenolic OH excluding ortho intramolecular Hbond substituents is 1. The van der Waals surface area contributed by atoms with Gasteiger partial charge < -0.3 is 5.11 Å². The standard InChI is InChI=1S/C25H36O/c1-4-5-6-7-17(2)23-12-13-24-22-10-8-18-16-19(26)9-11-20(18)21(22)14-15-25(23,24)3/h9,11,16,21-22,24,26H,4-8,10,12-15H2,1-3H3/t21-,22-,24+,25-/m1/s1. The number of hydrogen-bond acceptors (Lipinski definition) is 1. The zero-order chi connectivity index (χ0) is 18.3. The highest BCUT2D eigenvalue weighted by Gasteiger charge is 2.52. The zero-order valence-electron chi connectivity index (χ0n) is 17.0. The number of unbranched alkanes of at least 4 members (excludes halogenated alkanes) is 2. The summed E-state index contributed by atoms with van der Waals surface area (Å²) < 4.78 is 0. The van der Waals surface area contributed by atoms with Gasteiger partial charge in [-0.2, -0.15) is 0 Å². The van der Waals surface area contributed by atoms with Crippen LogP contribution in [0.4, 0.5) is 0 Å². The van der Waals surface area contributed by atoms with E-state index in [1.54, 1.807) is 11.1 Å². The van der Waals surface area contributed by atoms with Crippen molar-refractivity contribution in [1.82, 2.24) is 0 Å². The molecule has 0 heterocycles. The lowest BCUT2D eigenvalue weighted by molar-refractivity contribution is 0.0807. The molecule has 26 heavy (non-hydrogen) atoms. The van der Waals surface area contributed by atoms with Crippen molar-refractivity contribution in [3.05, 3.63) is 40.5 Å². The van der Waals surface area contributed by atoms with Crippen LogP contribution in [0.25, 0.3) is 0 Å². The van der Waals surface area contributed by atoms with Crippen LogP contribution in [0.2, 0.25) is 0 Å². The van der Waals surface area contributed by atoms with Crippen molar-refractivity contribution in [1.29, 1.82) is 0 Å². The molecule has 4 atom stereocenters. The molecule has 2 fully saturated rings. The fourth-order valence-corrected chi connectivity index (χ4v) is 6.87. The summed E-state index contributed by atoms with van der Waals surface area (Å²) in [6.07, 6.45) is 13.3. The van der Waals surface area contributed by atoms with Gasteiger partial charge in [-0.15, -0.1) is 0 Å². The minimum Gasteiger partial charge on any atom is -0.508 e. The van der Waals surface area contributed by atoms with Crippen molar-refractivity contribution in [2.24, 2.45) is 17.3 Å². The fourth-order valence-electron chi connectivity index (χ4n) is 6.87. The third-order valence-corrected chi connectivity index (χ3v) is 8.16. The third kappa shape index (κ3) is 2.92. The molecule has 0 spiro atoms. The molecule has 1 nitrogen and oxygen atoms in total. The first-order valence-corrected chi connectivity index (χ1v) is 11.1. The quantitative estimate of drug-likeness (QED) is 0.451. The Morgan fingerprint density at radius 3 is 2.81 bits per heavy atom. The Morgan fingerprint density at radius 2 is 2.00 bits per heavy atom. The first-order chi connectivity index (χ1) is 12.5. The van der Waals surface area contributed by atoms with Crippen LogP contribution < -0.4 is 0 Å². The Hall–Kier alpha value is -1.24. The first kappa shape index (κ1) is 18.1. The van der Waals surface area contributed by atoms with Gasteiger partial charge in [-0.3, -0.25) is 0 Å². The molecule has 3 aliphatic carbocycles. The average molecular weight is 353 g/mol. The third-order valence-electron chi connectivity index (χ3n) is 8.16. The van der Waals surface area contributed by atoms with Gasteiger partial charge in [0.05, 0.1) is 0 Å². The number of phenols is 1. The van der Waals surface area contributed by atoms with Gasteiger partial charge in [0.15, 0.2) is 0 Å². The second-order valence-electron chi connectivity index (χ2n) is 9.51. The van der Waals surface area contributed by atoms with E-state index < -0.39 is 0 Å². The number of benzene rings is 1. The van der Waals surface area contributed by atoms with E-state index in [2.05, 4.69) is 26.8 Å². The van der Waals surface area contributed by atoms with Gasteiger partial charge >= 0.3 is 0 Å². The van der Waals surface area contributed by atoms with Crippen LogP contribution in [0.5, 0.6) is 5.75 Å². The van der Waals surface area contributed by atoms with E-state index in [-0.39, 0.29) is 0 Å². The smallest absolute Gasteiger partial charge is 0.115 e. The second-order valence-corrected chi connectivity index (χ2v) is 9.51. The Bertz CT molecular complexity index is 700. The maximum Gasteiger partial charge on any atom is 0.115 e. The largest absolute Gasteiger partial charge is 0.508 e. The molecule has 1 aromatic rings. The molecule has 1 N–H and O–H groups in total. The molecular weight excluding hydrogens is 316 g/mol. The first-order valence-electron chi connectivity index (χ1n) is 11.1. The molecule has 0 amide bonds. The molecule has 0 bridgehead atoms. The summed E-state index contributed by atoms with van der Waals surface area (Å²) in [5.74, 6) is 2.90. The van der Waals surface area contributed by atoms with Gasteiger partial charge in [0.25, 0.3) is 0 Å². The Morgan fingerprint density at radius 1 is 1.15 bits per heavy atom. The van der Waals surface area contributed by atoms with E-state index in [1.165, 1.54) is 63.4 Å². The average Bonchev–Trinajstić information content (AvgIpc) is 2.98. The van der Waals surface area contributed by atoms with Crippen molar-refractivity contribution in [3.8, 4) is 5.75 Å². The van der Waals surface area contributed by atoms with Crippen molar-refractivity contribution < 1.29 is 5.11 Å². The molecule has 0 aliphatic heterocycles. The summed E-state index contributed by atoms with van der Waals surface area (Å²) in [5, 5.41) is 9.85. The van der Waals surface area contributed by atoms with E-state index in [4.69, 9.17) is 0 Å². The van der Waals surface area contributed by atoms with Crippen molar-refractivity contribution in [2.45, 2.75) is 90.9 Å². The van der Waals surface area contributed by atoms with E-state index in [0.29, 0.717) is 11.2 Å². The number of rotatable bonds is 4. The van der Waals surface area contributed by atoms with Crippen LogP contribution in [-0.2, 0) is 6.42 Å². The lowest BCUT2D eigenvalue weighted by atomic mass is 9.55. The molecule has 0 saturated heterocycles. The van der Waals surface area contributed by atoms with Crippen molar-refractivity contribution in [2.75, 3.05) is 0 Å².